The molecule has 1 saturated heterocycles. The van der Waals surface area contributed by atoms with Crippen molar-refractivity contribution in [2.75, 3.05) is 6.26 Å². The second-order valence-electron chi connectivity index (χ2n) is 7.31. The maximum atomic E-state index is 13.8. The number of esters is 1. The average Bonchev–Trinajstić information content (AvgIpc) is 2.80. The zero-order valence-electron chi connectivity index (χ0n) is 15.0. The molecule has 138 valence electrons. The molecule has 1 unspecified atom stereocenters. The van der Waals surface area contributed by atoms with Crippen LogP contribution in [0.1, 0.15) is 32.3 Å². The number of carbonyl (C=O) groups excluding carboxylic acids is 1. The Balaban J connectivity index is 2.13. The Morgan fingerprint density at radius 3 is 2.38 bits per heavy atom. The largest absolute Gasteiger partial charge is 0.456 e. The maximum absolute atomic E-state index is 13.8. The van der Waals surface area contributed by atoms with Crippen LogP contribution in [-0.4, -0.2) is 26.2 Å². The van der Waals surface area contributed by atoms with E-state index in [1.807, 2.05) is 13.8 Å². The van der Waals surface area contributed by atoms with E-state index in [0.29, 0.717) is 29.6 Å². The standard InChI is InChI=1S/C20H21FO4S/c1-20(2)12-17(19(22)25-20)18(14-5-4-6-15(21)11-14)13-7-9-16(10-8-13)26(3,23)24/h4,6-11,14H,5,12H2,1-3H3/b18-17-. The fourth-order valence-corrected chi connectivity index (χ4v) is 4.02. The van der Waals surface area contributed by atoms with Crippen molar-refractivity contribution < 1.29 is 22.3 Å². The number of carbonyl (C=O) groups is 1. The molecule has 1 aromatic carbocycles. The van der Waals surface area contributed by atoms with E-state index in [4.69, 9.17) is 4.74 Å². The summed E-state index contributed by atoms with van der Waals surface area (Å²) in [4.78, 5) is 12.6. The van der Waals surface area contributed by atoms with E-state index in [1.54, 1.807) is 18.2 Å². The number of cyclic esters (lactones) is 1. The second kappa shape index (κ2) is 6.50. The summed E-state index contributed by atoms with van der Waals surface area (Å²) in [6, 6.07) is 6.35. The van der Waals surface area contributed by atoms with Crippen molar-refractivity contribution in [2.45, 2.75) is 37.2 Å². The molecular formula is C20H21FO4S. The average molecular weight is 376 g/mol. The van der Waals surface area contributed by atoms with Gasteiger partial charge in [-0.15, -0.1) is 0 Å². The van der Waals surface area contributed by atoms with Crippen LogP contribution in [0.2, 0.25) is 0 Å². The molecule has 1 aliphatic heterocycles. The molecule has 0 radical (unpaired) electrons. The molecule has 0 saturated carbocycles. The molecule has 2 aliphatic rings. The predicted octanol–water partition coefficient (Wildman–Crippen LogP) is 4.00. The maximum Gasteiger partial charge on any atom is 0.335 e. The van der Waals surface area contributed by atoms with E-state index in [9.17, 15) is 17.6 Å². The molecule has 0 spiro atoms. The number of rotatable bonds is 3. The number of sulfone groups is 1. The first-order valence-corrected chi connectivity index (χ1v) is 10.3. The number of hydrogen-bond donors (Lipinski definition) is 0. The molecular weight excluding hydrogens is 355 g/mol. The molecule has 1 aliphatic carbocycles. The summed E-state index contributed by atoms with van der Waals surface area (Å²) >= 11 is 0. The van der Waals surface area contributed by atoms with Gasteiger partial charge in [0.1, 0.15) is 11.4 Å². The Kier molecular flexibility index (Phi) is 4.65. The zero-order valence-corrected chi connectivity index (χ0v) is 15.8. The third-order valence-electron chi connectivity index (χ3n) is 4.53. The lowest BCUT2D eigenvalue weighted by Gasteiger charge is -2.21. The van der Waals surface area contributed by atoms with E-state index < -0.39 is 21.4 Å². The lowest BCUT2D eigenvalue weighted by atomic mass is 9.82. The van der Waals surface area contributed by atoms with Gasteiger partial charge in [0.2, 0.25) is 0 Å². The summed E-state index contributed by atoms with van der Waals surface area (Å²) in [5.74, 6) is -1.06. The second-order valence-corrected chi connectivity index (χ2v) is 9.33. The number of allylic oxidation sites excluding steroid dienone is 5. The van der Waals surface area contributed by atoms with Crippen molar-refractivity contribution in [1.82, 2.24) is 0 Å². The van der Waals surface area contributed by atoms with Crippen LogP contribution in [0.5, 0.6) is 0 Å². The predicted molar refractivity (Wildman–Crippen MR) is 97.7 cm³/mol. The summed E-state index contributed by atoms with van der Waals surface area (Å²) in [5, 5.41) is 0. The summed E-state index contributed by atoms with van der Waals surface area (Å²) < 4.78 is 42.7. The van der Waals surface area contributed by atoms with Gasteiger partial charge in [-0.3, -0.25) is 0 Å². The SMILES string of the molecule is CC1(C)C/C(=C(\c2ccc(S(C)(=O)=O)cc2)C2C=C(F)C=CC2)C(=O)O1. The van der Waals surface area contributed by atoms with Crippen LogP contribution in [0.15, 0.2) is 58.8 Å². The van der Waals surface area contributed by atoms with Gasteiger partial charge in [0.05, 0.1) is 4.90 Å². The van der Waals surface area contributed by atoms with Gasteiger partial charge in [0.15, 0.2) is 9.84 Å². The molecule has 0 N–H and O–H groups in total. The van der Waals surface area contributed by atoms with Crippen LogP contribution in [0.25, 0.3) is 5.57 Å². The van der Waals surface area contributed by atoms with E-state index in [-0.39, 0.29) is 16.6 Å². The van der Waals surface area contributed by atoms with Gasteiger partial charge in [-0.25, -0.2) is 17.6 Å². The third-order valence-corrected chi connectivity index (χ3v) is 5.66. The van der Waals surface area contributed by atoms with Crippen molar-refractivity contribution in [2.24, 2.45) is 5.92 Å². The molecule has 6 heteroatoms. The third kappa shape index (κ3) is 3.80. The number of halogens is 1. The normalized spacial score (nSPS) is 24.2. The molecule has 0 amide bonds. The zero-order chi connectivity index (χ0) is 19.1. The number of ether oxygens (including phenoxy) is 1. The van der Waals surface area contributed by atoms with Gasteiger partial charge >= 0.3 is 5.97 Å². The Morgan fingerprint density at radius 2 is 1.88 bits per heavy atom. The van der Waals surface area contributed by atoms with Crippen LogP contribution in [0.3, 0.4) is 0 Å². The minimum atomic E-state index is -3.32. The summed E-state index contributed by atoms with van der Waals surface area (Å²) in [6.45, 7) is 3.67. The highest BCUT2D eigenvalue weighted by atomic mass is 32.2. The van der Waals surface area contributed by atoms with Crippen LogP contribution < -0.4 is 0 Å². The van der Waals surface area contributed by atoms with E-state index in [1.165, 1.54) is 24.3 Å². The van der Waals surface area contributed by atoms with Gasteiger partial charge < -0.3 is 4.74 Å². The van der Waals surface area contributed by atoms with Crippen molar-refractivity contribution in [3.63, 3.8) is 0 Å². The quantitative estimate of drug-likeness (QED) is 0.591. The highest BCUT2D eigenvalue weighted by Gasteiger charge is 2.38. The summed E-state index contributed by atoms with van der Waals surface area (Å²) in [7, 11) is -3.32. The molecule has 1 aromatic rings. The van der Waals surface area contributed by atoms with Crippen molar-refractivity contribution in [1.29, 1.82) is 0 Å². The molecule has 1 atom stereocenters. The van der Waals surface area contributed by atoms with Gasteiger partial charge in [-0.2, -0.15) is 0 Å². The lowest BCUT2D eigenvalue weighted by molar-refractivity contribution is -0.143. The first-order chi connectivity index (χ1) is 12.1. The molecule has 3 rings (SSSR count). The van der Waals surface area contributed by atoms with E-state index in [0.717, 1.165) is 6.26 Å². The van der Waals surface area contributed by atoms with Crippen LogP contribution in [-0.2, 0) is 19.4 Å². The van der Waals surface area contributed by atoms with Gasteiger partial charge in [-0.1, -0.05) is 18.2 Å². The summed E-state index contributed by atoms with van der Waals surface area (Å²) in [5.41, 5.74) is 1.30. The Morgan fingerprint density at radius 1 is 1.23 bits per heavy atom. The lowest BCUT2D eigenvalue weighted by Crippen LogP contribution is -2.17. The fraction of sp³-hybridized carbons (Fsp3) is 0.350. The topological polar surface area (TPSA) is 60.4 Å². The molecule has 4 nitrogen and oxygen atoms in total. The van der Waals surface area contributed by atoms with Gasteiger partial charge in [0.25, 0.3) is 0 Å². The molecule has 1 heterocycles. The van der Waals surface area contributed by atoms with Crippen molar-refractivity contribution in [3.05, 3.63) is 59.5 Å². The minimum absolute atomic E-state index is 0.199. The van der Waals surface area contributed by atoms with Crippen molar-refractivity contribution >= 4 is 21.4 Å². The molecule has 1 fully saturated rings. The molecule has 0 aromatic heterocycles. The number of hydrogen-bond acceptors (Lipinski definition) is 4. The Bertz CT molecular complexity index is 935. The monoisotopic (exact) mass is 376 g/mol. The minimum Gasteiger partial charge on any atom is -0.456 e. The van der Waals surface area contributed by atoms with Crippen LogP contribution in [0.4, 0.5) is 4.39 Å². The highest BCUT2D eigenvalue weighted by Crippen LogP contribution is 2.41. The highest BCUT2D eigenvalue weighted by molar-refractivity contribution is 7.90. The van der Waals surface area contributed by atoms with E-state index in [2.05, 4.69) is 0 Å². The Hall–Kier alpha value is -2.21. The van der Waals surface area contributed by atoms with Crippen LogP contribution in [0, 0.1) is 5.92 Å². The van der Waals surface area contributed by atoms with Crippen LogP contribution >= 0.6 is 0 Å². The van der Waals surface area contributed by atoms with Gasteiger partial charge in [0, 0.05) is 24.2 Å². The molecule has 0 bridgehead atoms. The smallest absolute Gasteiger partial charge is 0.335 e. The first-order valence-electron chi connectivity index (χ1n) is 8.37. The van der Waals surface area contributed by atoms with Crippen molar-refractivity contribution in [3.8, 4) is 0 Å². The molecule has 26 heavy (non-hydrogen) atoms. The first kappa shape index (κ1) is 18.6. The summed E-state index contributed by atoms with van der Waals surface area (Å²) in [6.07, 6.45) is 6.76. The fourth-order valence-electron chi connectivity index (χ4n) is 3.39. The van der Waals surface area contributed by atoms with Gasteiger partial charge in [-0.05, 0) is 55.7 Å². The Labute approximate surface area is 153 Å². The number of benzene rings is 1. The van der Waals surface area contributed by atoms with E-state index >= 15 is 0 Å².